The van der Waals surface area contributed by atoms with Crippen LogP contribution in [0.3, 0.4) is 0 Å². The number of imide groups is 1. The van der Waals surface area contributed by atoms with Gasteiger partial charge in [-0.2, -0.15) is 0 Å². The third-order valence-corrected chi connectivity index (χ3v) is 5.76. The van der Waals surface area contributed by atoms with Gasteiger partial charge in [0.15, 0.2) is 0 Å². The molecule has 31 heavy (non-hydrogen) atoms. The predicted molar refractivity (Wildman–Crippen MR) is 116 cm³/mol. The third kappa shape index (κ3) is 4.13. The van der Waals surface area contributed by atoms with Crippen molar-refractivity contribution < 1.29 is 19.2 Å². The maximum absolute atomic E-state index is 12.5. The van der Waals surface area contributed by atoms with Crippen LogP contribution in [0.25, 0.3) is 11.8 Å². The van der Waals surface area contributed by atoms with E-state index in [1.54, 1.807) is 54.9 Å². The lowest BCUT2D eigenvalue weighted by atomic mass is 10.1. The molecule has 3 heterocycles. The summed E-state index contributed by atoms with van der Waals surface area (Å²) in [6, 6.07) is 10.6. The van der Waals surface area contributed by atoms with Gasteiger partial charge in [-0.15, -0.1) is 0 Å². The van der Waals surface area contributed by atoms with E-state index < -0.39 is 17.1 Å². The predicted octanol–water partition coefficient (Wildman–Crippen LogP) is 2.36. The van der Waals surface area contributed by atoms with E-state index in [1.165, 1.54) is 4.90 Å². The molecule has 1 saturated heterocycles. The van der Waals surface area contributed by atoms with Crippen molar-refractivity contribution in [1.29, 1.82) is 0 Å². The van der Waals surface area contributed by atoms with Crippen LogP contribution < -0.4 is 5.32 Å². The normalized spacial score (nSPS) is 17.0. The molecular formula is C22H18N4O4S. The van der Waals surface area contributed by atoms with Gasteiger partial charge in [0.05, 0.1) is 4.91 Å². The summed E-state index contributed by atoms with van der Waals surface area (Å²) >= 11 is 0.849. The molecule has 4 rings (SSSR count). The minimum atomic E-state index is -0.411. The Morgan fingerprint density at radius 1 is 1.06 bits per heavy atom. The Morgan fingerprint density at radius 3 is 2.55 bits per heavy atom. The summed E-state index contributed by atoms with van der Waals surface area (Å²) in [5.41, 5.74) is 2.41. The molecule has 156 valence electrons. The minimum absolute atomic E-state index is 0.0376. The number of hydrogen-bond donors (Lipinski definition) is 1. The van der Waals surface area contributed by atoms with Crippen molar-refractivity contribution in [3.05, 3.63) is 77.0 Å². The van der Waals surface area contributed by atoms with Gasteiger partial charge in [-0.05, 0) is 35.5 Å². The average Bonchev–Trinajstić information content (AvgIpc) is 3.17. The molecule has 0 bridgehead atoms. The Bertz CT molecular complexity index is 1090. The van der Waals surface area contributed by atoms with E-state index in [4.69, 9.17) is 0 Å². The van der Waals surface area contributed by atoms with Gasteiger partial charge >= 0.3 is 0 Å². The molecule has 1 aromatic heterocycles. The molecule has 1 aromatic carbocycles. The lowest BCUT2D eigenvalue weighted by Gasteiger charge is -2.18. The van der Waals surface area contributed by atoms with Crippen molar-refractivity contribution in [2.45, 2.75) is 0 Å². The van der Waals surface area contributed by atoms with Gasteiger partial charge in [0.25, 0.3) is 17.1 Å². The highest BCUT2D eigenvalue weighted by Crippen LogP contribution is 2.32. The fraction of sp³-hybridized carbons (Fsp3) is 0.136. The van der Waals surface area contributed by atoms with Crippen LogP contribution in [0.15, 0.2) is 60.3 Å². The summed E-state index contributed by atoms with van der Waals surface area (Å²) in [4.78, 5) is 56.2. The van der Waals surface area contributed by atoms with Gasteiger partial charge in [0.1, 0.15) is 6.54 Å². The second-order valence-electron chi connectivity index (χ2n) is 6.85. The molecule has 0 atom stereocenters. The fourth-order valence-electron chi connectivity index (χ4n) is 3.31. The molecule has 9 heteroatoms. The zero-order chi connectivity index (χ0) is 22.0. The van der Waals surface area contributed by atoms with Crippen LogP contribution in [-0.2, 0) is 9.59 Å². The molecule has 4 amide bonds. The van der Waals surface area contributed by atoms with Crippen molar-refractivity contribution in [3.8, 4) is 0 Å². The first-order chi connectivity index (χ1) is 15.0. The fourth-order valence-corrected chi connectivity index (χ4v) is 4.18. The minimum Gasteiger partial charge on any atom is -0.353 e. The summed E-state index contributed by atoms with van der Waals surface area (Å²) in [5.74, 6) is -1.09. The average molecular weight is 434 g/mol. The van der Waals surface area contributed by atoms with E-state index in [2.05, 4.69) is 16.9 Å². The van der Waals surface area contributed by atoms with Crippen molar-refractivity contribution in [3.63, 3.8) is 0 Å². The second-order valence-corrected chi connectivity index (χ2v) is 7.85. The molecule has 8 nitrogen and oxygen atoms in total. The lowest BCUT2D eigenvalue weighted by molar-refractivity contribution is -0.124. The van der Waals surface area contributed by atoms with Gasteiger partial charge in [-0.1, -0.05) is 30.8 Å². The number of benzene rings is 1. The maximum atomic E-state index is 12.5. The van der Waals surface area contributed by atoms with Crippen molar-refractivity contribution in [1.82, 2.24) is 20.1 Å². The number of thioether (sulfide) groups is 1. The molecule has 0 saturated carbocycles. The van der Waals surface area contributed by atoms with Crippen LogP contribution in [0, 0.1) is 0 Å². The van der Waals surface area contributed by atoms with Crippen LogP contribution in [0.2, 0.25) is 0 Å². The number of carbonyl (C=O) groups is 4. The van der Waals surface area contributed by atoms with Crippen molar-refractivity contribution in [2.75, 3.05) is 19.6 Å². The summed E-state index contributed by atoms with van der Waals surface area (Å²) in [7, 11) is 0. The van der Waals surface area contributed by atoms with Crippen LogP contribution in [0.5, 0.6) is 0 Å². The standard InChI is InChI=1S/C22H18N4O4S/c1-14-16-6-2-3-7-17(16)20(28)26(14)13-19(27)24-9-10-25-21(29)18(31-22(25)30)11-15-5-4-8-23-12-15/h2-8,11-12H,1,9-10,13H2,(H,24,27)/b18-11-. The molecule has 0 radical (unpaired) electrons. The molecular weight excluding hydrogens is 416 g/mol. The molecule has 0 aliphatic carbocycles. The SMILES string of the molecule is C=C1c2ccccc2C(=O)N1CC(=O)NCCN1C(=O)S/C(=C\c2cccnc2)C1=O. The van der Waals surface area contributed by atoms with Crippen LogP contribution in [0.1, 0.15) is 21.5 Å². The number of fused-ring (bicyclic) bond motifs is 1. The number of aromatic nitrogens is 1. The monoisotopic (exact) mass is 434 g/mol. The van der Waals surface area contributed by atoms with Gasteiger partial charge in [0.2, 0.25) is 5.91 Å². The van der Waals surface area contributed by atoms with Crippen LogP contribution in [-0.4, -0.2) is 57.4 Å². The number of rotatable bonds is 6. The Kier molecular flexibility index (Phi) is 5.68. The molecule has 2 aliphatic rings. The lowest BCUT2D eigenvalue weighted by Crippen LogP contribution is -2.41. The number of hydrogen-bond acceptors (Lipinski definition) is 6. The maximum Gasteiger partial charge on any atom is 0.293 e. The molecule has 2 aliphatic heterocycles. The number of nitrogens with one attached hydrogen (secondary N) is 1. The van der Waals surface area contributed by atoms with E-state index in [0.717, 1.165) is 22.2 Å². The number of carbonyl (C=O) groups excluding carboxylic acids is 4. The third-order valence-electron chi connectivity index (χ3n) is 4.85. The molecule has 2 aromatic rings. The highest BCUT2D eigenvalue weighted by Gasteiger charge is 2.35. The number of pyridine rings is 1. The Hall–Kier alpha value is -3.72. The van der Waals surface area contributed by atoms with E-state index in [-0.39, 0.29) is 25.5 Å². The molecule has 0 spiro atoms. The van der Waals surface area contributed by atoms with Crippen LogP contribution >= 0.6 is 11.8 Å². The summed E-state index contributed by atoms with van der Waals surface area (Å²) < 4.78 is 0. The number of amides is 4. The smallest absolute Gasteiger partial charge is 0.293 e. The second kappa shape index (κ2) is 8.57. The van der Waals surface area contributed by atoms with Gasteiger partial charge in [-0.3, -0.25) is 34.0 Å². The zero-order valence-electron chi connectivity index (χ0n) is 16.4. The Balaban J connectivity index is 1.31. The zero-order valence-corrected chi connectivity index (χ0v) is 17.2. The summed E-state index contributed by atoms with van der Waals surface area (Å²) in [6.07, 6.45) is 4.83. The Morgan fingerprint density at radius 2 is 1.84 bits per heavy atom. The molecule has 0 unspecified atom stereocenters. The largest absolute Gasteiger partial charge is 0.353 e. The molecule has 1 fully saturated rings. The topological polar surface area (TPSA) is 99.7 Å². The van der Waals surface area contributed by atoms with Gasteiger partial charge in [0, 0.05) is 42.3 Å². The molecule has 1 N–H and O–H groups in total. The Labute approximate surface area is 182 Å². The summed E-state index contributed by atoms with van der Waals surface area (Å²) in [5, 5.41) is 2.26. The highest BCUT2D eigenvalue weighted by molar-refractivity contribution is 8.18. The van der Waals surface area contributed by atoms with Crippen LogP contribution in [0.4, 0.5) is 4.79 Å². The van der Waals surface area contributed by atoms with E-state index in [1.807, 2.05) is 0 Å². The van der Waals surface area contributed by atoms with Crippen molar-refractivity contribution >= 4 is 46.5 Å². The first-order valence-corrected chi connectivity index (χ1v) is 10.3. The first kappa shape index (κ1) is 20.5. The van der Waals surface area contributed by atoms with E-state index in [0.29, 0.717) is 21.7 Å². The highest BCUT2D eigenvalue weighted by atomic mass is 32.2. The van der Waals surface area contributed by atoms with Gasteiger partial charge < -0.3 is 5.32 Å². The van der Waals surface area contributed by atoms with E-state index >= 15 is 0 Å². The summed E-state index contributed by atoms with van der Waals surface area (Å²) in [6.45, 7) is 3.83. The quantitative estimate of drug-likeness (QED) is 0.701. The number of nitrogens with zero attached hydrogens (tertiary/aromatic N) is 3. The van der Waals surface area contributed by atoms with E-state index in [9.17, 15) is 19.2 Å². The van der Waals surface area contributed by atoms with Gasteiger partial charge in [-0.25, -0.2) is 0 Å². The first-order valence-electron chi connectivity index (χ1n) is 9.48. The van der Waals surface area contributed by atoms with Crippen molar-refractivity contribution in [2.24, 2.45) is 0 Å².